The van der Waals surface area contributed by atoms with Gasteiger partial charge in [-0.1, -0.05) is 26.7 Å². The van der Waals surface area contributed by atoms with Crippen molar-refractivity contribution < 1.29 is 28.6 Å². The molecule has 0 amide bonds. The summed E-state index contributed by atoms with van der Waals surface area (Å²) in [5, 5.41) is 0. The minimum Gasteiger partial charge on any atom is -0.433 e. The smallest absolute Gasteiger partial charge is 0.317 e. The number of fused-ring (bicyclic) bond motifs is 2. The zero-order valence-corrected chi connectivity index (χ0v) is 17.4. The highest BCUT2D eigenvalue weighted by molar-refractivity contribution is 5.97. The molecule has 5 aliphatic rings. The molecule has 9 unspecified atom stereocenters. The lowest BCUT2D eigenvalue weighted by atomic mass is 9.67. The minimum absolute atomic E-state index is 0.0616. The molecule has 3 aliphatic heterocycles. The Labute approximate surface area is 172 Å². The van der Waals surface area contributed by atoms with Crippen LogP contribution in [0.4, 0.5) is 0 Å². The van der Waals surface area contributed by atoms with Crippen LogP contribution in [0.25, 0.3) is 0 Å². The van der Waals surface area contributed by atoms with E-state index >= 15 is 0 Å². The largest absolute Gasteiger partial charge is 0.433 e. The van der Waals surface area contributed by atoms with Crippen molar-refractivity contribution in [1.29, 1.82) is 0 Å². The number of esters is 3. The van der Waals surface area contributed by atoms with Crippen LogP contribution in [0.1, 0.15) is 71.6 Å². The van der Waals surface area contributed by atoms with E-state index in [-0.39, 0.29) is 65.3 Å². The van der Waals surface area contributed by atoms with Gasteiger partial charge in [-0.2, -0.15) is 0 Å². The highest BCUT2D eigenvalue weighted by Gasteiger charge is 2.58. The summed E-state index contributed by atoms with van der Waals surface area (Å²) in [6.45, 7) is 4.44. The standard InChI is InChI=1S/C23H32O6/c1-3-5-12-10-13(18-17(12)20(25)28-21(18)26)7-9-23(2)8-4-6-15(23)14-11-16-22(27-16)29-19(14)24/h12-18,22H,3-11H2,1-2H3. The van der Waals surface area contributed by atoms with Gasteiger partial charge in [-0.25, -0.2) is 0 Å². The SMILES string of the molecule is CCCC1CC(CCC2(C)CCCC2C2CC3OC3OC2=O)C2C(=O)OC(=O)C12. The van der Waals surface area contributed by atoms with Crippen LogP contribution < -0.4 is 0 Å². The molecule has 160 valence electrons. The summed E-state index contributed by atoms with van der Waals surface area (Å²) in [6.07, 6.45) is 8.79. The van der Waals surface area contributed by atoms with E-state index < -0.39 is 0 Å². The summed E-state index contributed by atoms with van der Waals surface area (Å²) in [4.78, 5) is 37.1. The maximum absolute atomic E-state index is 12.5. The second-order valence-corrected chi connectivity index (χ2v) is 10.3. The summed E-state index contributed by atoms with van der Waals surface area (Å²) in [6, 6.07) is 0. The van der Waals surface area contributed by atoms with Crippen molar-refractivity contribution >= 4 is 17.9 Å². The first-order valence-electron chi connectivity index (χ1n) is 11.5. The van der Waals surface area contributed by atoms with Crippen molar-refractivity contribution in [3.05, 3.63) is 0 Å². The van der Waals surface area contributed by atoms with Crippen molar-refractivity contribution in [2.45, 2.75) is 84.0 Å². The van der Waals surface area contributed by atoms with Gasteiger partial charge in [0, 0.05) is 0 Å². The van der Waals surface area contributed by atoms with Gasteiger partial charge in [-0.15, -0.1) is 0 Å². The fraction of sp³-hybridized carbons (Fsp3) is 0.870. The molecule has 0 aromatic heterocycles. The molecule has 6 heteroatoms. The first kappa shape index (κ1) is 19.5. The number of hydrogen-bond donors (Lipinski definition) is 0. The number of hydrogen-bond acceptors (Lipinski definition) is 6. The van der Waals surface area contributed by atoms with Crippen LogP contribution >= 0.6 is 0 Å². The Morgan fingerprint density at radius 2 is 1.72 bits per heavy atom. The van der Waals surface area contributed by atoms with Crippen molar-refractivity contribution in [3.8, 4) is 0 Å². The summed E-state index contributed by atoms with van der Waals surface area (Å²) in [7, 11) is 0. The lowest BCUT2D eigenvalue weighted by molar-refractivity contribution is -0.159. The maximum atomic E-state index is 12.5. The van der Waals surface area contributed by atoms with E-state index in [1.807, 2.05) is 0 Å². The zero-order chi connectivity index (χ0) is 20.3. The fourth-order valence-corrected chi connectivity index (χ4v) is 7.19. The topological polar surface area (TPSA) is 82.2 Å². The Bertz CT molecular complexity index is 718. The van der Waals surface area contributed by atoms with Crippen molar-refractivity contribution in [2.24, 2.45) is 40.9 Å². The second kappa shape index (κ2) is 7.07. The molecule has 2 aliphatic carbocycles. The average molecular weight is 405 g/mol. The predicted octanol–water partition coefficient (Wildman–Crippen LogP) is 3.61. The van der Waals surface area contributed by atoms with E-state index in [0.29, 0.717) is 5.92 Å². The third-order valence-corrected chi connectivity index (χ3v) is 8.70. The molecule has 9 atom stereocenters. The van der Waals surface area contributed by atoms with Crippen molar-refractivity contribution in [3.63, 3.8) is 0 Å². The molecule has 5 rings (SSSR count). The molecule has 6 nitrogen and oxygen atoms in total. The number of carbonyl (C=O) groups excluding carboxylic acids is 3. The van der Waals surface area contributed by atoms with Gasteiger partial charge in [0.1, 0.15) is 6.10 Å². The molecular weight excluding hydrogens is 372 g/mol. The zero-order valence-electron chi connectivity index (χ0n) is 17.4. The third kappa shape index (κ3) is 3.22. The lowest BCUT2D eigenvalue weighted by Gasteiger charge is -2.37. The molecule has 0 radical (unpaired) electrons. The summed E-state index contributed by atoms with van der Waals surface area (Å²) in [5.74, 6) is -0.398. The molecule has 5 fully saturated rings. The van der Waals surface area contributed by atoms with E-state index in [1.54, 1.807) is 0 Å². The van der Waals surface area contributed by atoms with Gasteiger partial charge >= 0.3 is 17.9 Å². The normalized spacial score (nSPS) is 48.3. The Morgan fingerprint density at radius 1 is 1.00 bits per heavy atom. The molecule has 0 aromatic rings. The van der Waals surface area contributed by atoms with Crippen LogP contribution in [0, 0.1) is 40.9 Å². The maximum Gasteiger partial charge on any atom is 0.317 e. The van der Waals surface area contributed by atoms with Crippen molar-refractivity contribution in [1.82, 2.24) is 0 Å². The number of epoxide rings is 1. The lowest BCUT2D eigenvalue weighted by Crippen LogP contribution is -2.38. The number of cyclic esters (lactones) is 2. The molecule has 0 bridgehead atoms. The highest BCUT2D eigenvalue weighted by Crippen LogP contribution is 2.56. The van der Waals surface area contributed by atoms with E-state index in [4.69, 9.17) is 14.2 Å². The van der Waals surface area contributed by atoms with Crippen LogP contribution in [0.5, 0.6) is 0 Å². The second-order valence-electron chi connectivity index (χ2n) is 10.3. The summed E-state index contributed by atoms with van der Waals surface area (Å²) >= 11 is 0. The Morgan fingerprint density at radius 3 is 2.45 bits per heavy atom. The fourth-order valence-electron chi connectivity index (χ4n) is 7.19. The summed E-state index contributed by atoms with van der Waals surface area (Å²) in [5.41, 5.74) is 0.0796. The van der Waals surface area contributed by atoms with E-state index in [0.717, 1.165) is 57.8 Å². The molecule has 3 saturated heterocycles. The third-order valence-electron chi connectivity index (χ3n) is 8.70. The highest BCUT2D eigenvalue weighted by atomic mass is 16.8. The molecular formula is C23H32O6. The first-order valence-corrected chi connectivity index (χ1v) is 11.5. The molecule has 2 saturated carbocycles. The molecule has 0 aromatic carbocycles. The van der Waals surface area contributed by atoms with E-state index in [9.17, 15) is 14.4 Å². The number of ether oxygens (including phenoxy) is 3. The van der Waals surface area contributed by atoms with Gasteiger partial charge in [0.05, 0.1) is 17.8 Å². The molecule has 3 heterocycles. The predicted molar refractivity (Wildman–Crippen MR) is 102 cm³/mol. The Balaban J connectivity index is 1.28. The van der Waals surface area contributed by atoms with Crippen molar-refractivity contribution in [2.75, 3.05) is 0 Å². The molecule has 0 N–H and O–H groups in total. The number of rotatable bonds is 6. The van der Waals surface area contributed by atoms with Gasteiger partial charge in [-0.05, 0) is 68.1 Å². The van der Waals surface area contributed by atoms with Gasteiger partial charge in [0.15, 0.2) is 0 Å². The Kier molecular flexibility index (Phi) is 4.76. The van der Waals surface area contributed by atoms with Crippen LogP contribution in [-0.2, 0) is 28.6 Å². The molecule has 0 spiro atoms. The van der Waals surface area contributed by atoms with Gasteiger partial charge in [-0.3, -0.25) is 14.4 Å². The summed E-state index contributed by atoms with van der Waals surface area (Å²) < 4.78 is 15.9. The van der Waals surface area contributed by atoms with Gasteiger partial charge < -0.3 is 14.2 Å². The van der Waals surface area contributed by atoms with Crippen LogP contribution in [-0.4, -0.2) is 30.3 Å². The van der Waals surface area contributed by atoms with E-state index in [1.165, 1.54) is 0 Å². The number of carbonyl (C=O) groups is 3. The first-order chi connectivity index (χ1) is 13.9. The van der Waals surface area contributed by atoms with E-state index in [2.05, 4.69) is 13.8 Å². The van der Waals surface area contributed by atoms with Gasteiger partial charge in [0.2, 0.25) is 6.29 Å². The van der Waals surface area contributed by atoms with Crippen LogP contribution in [0.15, 0.2) is 0 Å². The molecule has 29 heavy (non-hydrogen) atoms. The van der Waals surface area contributed by atoms with Crippen LogP contribution in [0.2, 0.25) is 0 Å². The van der Waals surface area contributed by atoms with Crippen LogP contribution in [0.3, 0.4) is 0 Å². The average Bonchev–Trinajstić information content (AvgIpc) is 3.02. The minimum atomic E-state index is -0.301. The van der Waals surface area contributed by atoms with Gasteiger partial charge in [0.25, 0.3) is 0 Å². The quantitative estimate of drug-likeness (QED) is 0.382. The monoisotopic (exact) mass is 404 g/mol. The Hall–Kier alpha value is -1.43.